The van der Waals surface area contributed by atoms with Gasteiger partial charge in [-0.1, -0.05) is 28.9 Å². The van der Waals surface area contributed by atoms with Crippen molar-refractivity contribution in [1.29, 1.82) is 0 Å². The van der Waals surface area contributed by atoms with Crippen LogP contribution in [0, 0.1) is 0 Å². The van der Waals surface area contributed by atoms with Gasteiger partial charge < -0.3 is 5.32 Å². The van der Waals surface area contributed by atoms with Crippen LogP contribution in [0.15, 0.2) is 34.8 Å². The maximum atomic E-state index is 3.58. The molecule has 1 N–H and O–H groups in total. The van der Waals surface area contributed by atoms with E-state index in [9.17, 15) is 0 Å². The first-order chi connectivity index (χ1) is 9.26. The van der Waals surface area contributed by atoms with Gasteiger partial charge in [0.2, 0.25) is 0 Å². The molecule has 1 heterocycles. The summed E-state index contributed by atoms with van der Waals surface area (Å²) in [5.74, 6) is 0. The van der Waals surface area contributed by atoms with Crippen LogP contribution in [0.5, 0.6) is 0 Å². The van der Waals surface area contributed by atoms with Gasteiger partial charge in [-0.25, -0.2) is 0 Å². The quantitative estimate of drug-likeness (QED) is 0.811. The smallest absolute Gasteiger partial charge is 0.0348 e. The molecule has 0 atom stereocenters. The highest BCUT2D eigenvalue weighted by Crippen LogP contribution is 2.33. The van der Waals surface area contributed by atoms with Gasteiger partial charge >= 0.3 is 0 Å². The third-order valence-corrected chi connectivity index (χ3v) is 5.13. The molecule has 3 rings (SSSR count). The van der Waals surface area contributed by atoms with E-state index in [0.29, 0.717) is 0 Å². The Morgan fingerprint density at radius 3 is 2.84 bits per heavy atom. The predicted octanol–water partition coefficient (Wildman–Crippen LogP) is 4.99. The number of aryl methyl sites for hydroxylation is 1. The van der Waals surface area contributed by atoms with Crippen LogP contribution in [-0.2, 0) is 13.0 Å². The lowest BCUT2D eigenvalue weighted by molar-refractivity contribution is 0.695. The minimum absolute atomic E-state index is 0.782. The number of hydrogen-bond acceptors (Lipinski definition) is 2. The summed E-state index contributed by atoms with van der Waals surface area (Å²) in [4.78, 5) is 2.82. The molecule has 0 unspecified atom stereocenters. The molecule has 2 aromatic rings. The second-order valence-corrected chi connectivity index (χ2v) is 7.16. The Morgan fingerprint density at radius 1 is 1.26 bits per heavy atom. The summed E-state index contributed by atoms with van der Waals surface area (Å²) in [7, 11) is 0. The molecular formula is C16H18BrNS. The Hall–Kier alpha value is -0.640. The molecule has 1 aliphatic rings. The van der Waals surface area contributed by atoms with Crippen LogP contribution in [0.1, 0.15) is 30.2 Å². The van der Waals surface area contributed by atoms with Crippen LogP contribution < -0.4 is 5.32 Å². The second-order valence-electron chi connectivity index (χ2n) is 5.08. The van der Waals surface area contributed by atoms with Gasteiger partial charge in [0, 0.05) is 26.8 Å². The zero-order chi connectivity index (χ0) is 13.2. The average Bonchev–Trinajstić information content (AvgIpc) is 3.14. The fourth-order valence-corrected chi connectivity index (χ4v) is 3.67. The second kappa shape index (κ2) is 5.78. The van der Waals surface area contributed by atoms with Crippen molar-refractivity contribution in [1.82, 2.24) is 5.32 Å². The number of halogens is 1. The van der Waals surface area contributed by atoms with E-state index in [4.69, 9.17) is 0 Å². The third-order valence-electron chi connectivity index (χ3n) is 3.52. The molecule has 0 saturated heterocycles. The Balaban J connectivity index is 1.80. The molecular weight excluding hydrogens is 318 g/mol. The van der Waals surface area contributed by atoms with Gasteiger partial charge in [0.1, 0.15) is 0 Å². The Labute approximate surface area is 127 Å². The average molecular weight is 336 g/mol. The lowest BCUT2D eigenvalue weighted by Crippen LogP contribution is -2.14. The Kier molecular flexibility index (Phi) is 4.06. The van der Waals surface area contributed by atoms with Gasteiger partial charge in [0.05, 0.1) is 0 Å². The first-order valence-electron chi connectivity index (χ1n) is 6.87. The number of thiophene rings is 1. The largest absolute Gasteiger partial charge is 0.309 e. The zero-order valence-electron chi connectivity index (χ0n) is 11.1. The fourth-order valence-electron chi connectivity index (χ4n) is 2.25. The van der Waals surface area contributed by atoms with Gasteiger partial charge in [-0.15, -0.1) is 11.3 Å². The maximum absolute atomic E-state index is 3.58. The number of benzene rings is 1. The molecule has 1 saturated carbocycles. The first kappa shape index (κ1) is 13.3. The molecule has 1 nitrogen and oxygen atoms in total. The number of rotatable bonds is 5. The number of hydrogen-bond donors (Lipinski definition) is 1. The van der Waals surface area contributed by atoms with Crippen molar-refractivity contribution < 1.29 is 0 Å². The van der Waals surface area contributed by atoms with Crippen LogP contribution >= 0.6 is 27.3 Å². The molecule has 0 bridgehead atoms. The lowest BCUT2D eigenvalue weighted by atomic mass is 10.0. The van der Waals surface area contributed by atoms with E-state index in [1.54, 1.807) is 0 Å². The molecule has 1 aliphatic carbocycles. The molecule has 0 spiro atoms. The van der Waals surface area contributed by atoms with Crippen LogP contribution in [0.3, 0.4) is 0 Å². The van der Waals surface area contributed by atoms with Gasteiger partial charge in [0.25, 0.3) is 0 Å². The normalized spacial score (nSPS) is 14.8. The summed E-state index contributed by atoms with van der Waals surface area (Å²) < 4.78 is 1.17. The summed E-state index contributed by atoms with van der Waals surface area (Å²) in [6.45, 7) is 3.24. The van der Waals surface area contributed by atoms with E-state index in [1.165, 1.54) is 38.2 Å². The molecule has 1 fully saturated rings. The van der Waals surface area contributed by atoms with Crippen molar-refractivity contribution in [2.45, 2.75) is 38.8 Å². The highest BCUT2D eigenvalue weighted by Gasteiger charge is 2.20. The topological polar surface area (TPSA) is 12.0 Å². The van der Waals surface area contributed by atoms with Crippen LogP contribution in [-0.4, -0.2) is 6.04 Å². The molecule has 1 aromatic carbocycles. The van der Waals surface area contributed by atoms with Crippen molar-refractivity contribution in [3.05, 3.63) is 45.2 Å². The molecule has 1 aromatic heterocycles. The van der Waals surface area contributed by atoms with Crippen LogP contribution in [0.25, 0.3) is 10.4 Å². The lowest BCUT2D eigenvalue weighted by Gasteiger charge is -2.06. The van der Waals surface area contributed by atoms with Gasteiger partial charge in [-0.3, -0.25) is 0 Å². The third kappa shape index (κ3) is 3.28. The van der Waals surface area contributed by atoms with E-state index in [2.05, 4.69) is 58.5 Å². The standard InChI is InChI=1S/C16H18BrNS/c1-2-11-9-12(17)3-7-15(11)16-8-6-14(19-16)10-18-13-4-5-13/h3,6-9,13,18H,2,4-5,10H2,1H3. The molecule has 19 heavy (non-hydrogen) atoms. The van der Waals surface area contributed by atoms with E-state index in [1.807, 2.05) is 11.3 Å². The van der Waals surface area contributed by atoms with Gasteiger partial charge in [-0.2, -0.15) is 0 Å². The maximum Gasteiger partial charge on any atom is 0.0348 e. The van der Waals surface area contributed by atoms with Crippen LogP contribution in [0.2, 0.25) is 0 Å². The summed E-state index contributed by atoms with van der Waals surface area (Å²) in [5.41, 5.74) is 2.80. The zero-order valence-corrected chi connectivity index (χ0v) is 13.5. The Morgan fingerprint density at radius 2 is 2.11 bits per heavy atom. The minimum atomic E-state index is 0.782. The predicted molar refractivity (Wildman–Crippen MR) is 86.7 cm³/mol. The summed E-state index contributed by atoms with van der Waals surface area (Å²) in [6, 6.07) is 11.9. The van der Waals surface area contributed by atoms with Crippen molar-refractivity contribution in [2.75, 3.05) is 0 Å². The van der Waals surface area contributed by atoms with Crippen molar-refractivity contribution in [3.63, 3.8) is 0 Å². The SMILES string of the molecule is CCc1cc(Br)ccc1-c1ccc(CNC2CC2)s1. The molecule has 0 amide bonds. The molecule has 3 heteroatoms. The van der Waals surface area contributed by atoms with E-state index in [-0.39, 0.29) is 0 Å². The number of nitrogens with one attached hydrogen (secondary N) is 1. The van der Waals surface area contributed by atoms with Gasteiger partial charge in [-0.05, 0) is 54.7 Å². The highest BCUT2D eigenvalue weighted by atomic mass is 79.9. The van der Waals surface area contributed by atoms with E-state index in [0.717, 1.165) is 19.0 Å². The molecule has 100 valence electrons. The summed E-state index contributed by atoms with van der Waals surface area (Å²) in [5, 5.41) is 3.58. The molecule has 0 aliphatic heterocycles. The monoisotopic (exact) mass is 335 g/mol. The van der Waals surface area contributed by atoms with Crippen molar-refractivity contribution >= 4 is 27.3 Å². The first-order valence-corrected chi connectivity index (χ1v) is 8.48. The summed E-state index contributed by atoms with van der Waals surface area (Å²) in [6.07, 6.45) is 3.78. The minimum Gasteiger partial charge on any atom is -0.309 e. The van der Waals surface area contributed by atoms with Crippen molar-refractivity contribution in [2.24, 2.45) is 0 Å². The van der Waals surface area contributed by atoms with E-state index < -0.39 is 0 Å². The van der Waals surface area contributed by atoms with Gasteiger partial charge in [0.15, 0.2) is 0 Å². The van der Waals surface area contributed by atoms with E-state index >= 15 is 0 Å². The highest BCUT2D eigenvalue weighted by molar-refractivity contribution is 9.10. The Bertz CT molecular complexity index is 572. The fraction of sp³-hybridized carbons (Fsp3) is 0.375. The van der Waals surface area contributed by atoms with Crippen LogP contribution in [0.4, 0.5) is 0 Å². The van der Waals surface area contributed by atoms with Crippen molar-refractivity contribution in [3.8, 4) is 10.4 Å². The molecule has 0 radical (unpaired) electrons. The summed E-state index contributed by atoms with van der Waals surface area (Å²) >= 11 is 5.47.